The smallest absolute Gasteiger partial charge is 0.0719 e. The van der Waals surface area contributed by atoms with E-state index < -0.39 is 0 Å². The van der Waals surface area contributed by atoms with Crippen LogP contribution in [0.1, 0.15) is 20.3 Å². The maximum absolute atomic E-state index is 3.41. The molecule has 0 nitrogen and oxygen atoms in total. The molecule has 0 aromatic rings. The lowest BCUT2D eigenvalue weighted by atomic mass is 10.2. The van der Waals surface area contributed by atoms with Crippen LogP contribution in [0.15, 0.2) is 11.6 Å². The van der Waals surface area contributed by atoms with Crippen LogP contribution in [0.5, 0.6) is 0 Å². The summed E-state index contributed by atoms with van der Waals surface area (Å²) in [6.07, 6.45) is 3.49. The van der Waals surface area contributed by atoms with Crippen LogP contribution in [0.25, 0.3) is 0 Å². The van der Waals surface area contributed by atoms with Gasteiger partial charge in [-0.25, -0.2) is 0 Å². The minimum atomic E-state index is 0.363. The lowest BCUT2D eigenvalue weighted by molar-refractivity contribution is 0.686. The summed E-state index contributed by atoms with van der Waals surface area (Å²) in [4.78, 5) is 0. The zero-order chi connectivity index (χ0) is 7.07. The van der Waals surface area contributed by atoms with Crippen LogP contribution in [0.3, 0.4) is 0 Å². The van der Waals surface area contributed by atoms with Gasteiger partial charge in [0, 0.05) is 0 Å². The molecule has 0 aromatic heterocycles. The molecule has 0 unspecified atom stereocenters. The van der Waals surface area contributed by atoms with Crippen LogP contribution in [-0.4, -0.2) is 3.74 Å². The lowest BCUT2D eigenvalue weighted by Crippen LogP contribution is -1.81. The maximum atomic E-state index is 3.41. The van der Waals surface area contributed by atoms with Gasteiger partial charge in [-0.15, -0.1) is 0 Å². The SMILES string of the molecule is CC1(C)C/C1=C/C(Br)Br. The predicted molar refractivity (Wildman–Crippen MR) is 48.1 cm³/mol. The quantitative estimate of drug-likeness (QED) is 0.496. The zero-order valence-corrected chi connectivity index (χ0v) is 8.79. The molecule has 1 aliphatic rings. The molecular formula is C7H10Br2. The first kappa shape index (κ1) is 7.80. The molecule has 0 heterocycles. The Kier molecular flexibility index (Phi) is 2.07. The number of allylic oxidation sites excluding steroid dienone is 2. The van der Waals surface area contributed by atoms with E-state index in [0.717, 1.165) is 0 Å². The van der Waals surface area contributed by atoms with Crippen molar-refractivity contribution >= 4 is 31.9 Å². The van der Waals surface area contributed by atoms with Crippen LogP contribution in [0, 0.1) is 5.41 Å². The average Bonchev–Trinajstić information content (AvgIpc) is 2.10. The van der Waals surface area contributed by atoms with Gasteiger partial charge in [0.15, 0.2) is 0 Å². The normalized spacial score (nSPS) is 27.4. The Hall–Kier alpha value is 0.700. The summed E-state index contributed by atoms with van der Waals surface area (Å²) in [5.41, 5.74) is 2.06. The Balaban J connectivity index is 2.50. The van der Waals surface area contributed by atoms with Gasteiger partial charge in [-0.1, -0.05) is 57.4 Å². The monoisotopic (exact) mass is 252 g/mol. The van der Waals surface area contributed by atoms with E-state index in [9.17, 15) is 0 Å². The fraction of sp³-hybridized carbons (Fsp3) is 0.714. The zero-order valence-electron chi connectivity index (χ0n) is 5.62. The van der Waals surface area contributed by atoms with Gasteiger partial charge in [0.05, 0.1) is 3.74 Å². The number of halogens is 2. The Morgan fingerprint density at radius 3 is 2.11 bits per heavy atom. The van der Waals surface area contributed by atoms with Crippen LogP contribution in [-0.2, 0) is 0 Å². The summed E-state index contributed by atoms with van der Waals surface area (Å²) in [7, 11) is 0. The van der Waals surface area contributed by atoms with Crippen molar-refractivity contribution in [2.45, 2.75) is 24.0 Å². The van der Waals surface area contributed by atoms with Crippen molar-refractivity contribution in [3.8, 4) is 0 Å². The molecule has 9 heavy (non-hydrogen) atoms. The second-order valence-electron chi connectivity index (χ2n) is 3.09. The highest BCUT2D eigenvalue weighted by Gasteiger charge is 2.38. The first-order valence-corrected chi connectivity index (χ1v) is 4.85. The second-order valence-corrected chi connectivity index (χ2v) is 6.29. The molecule has 52 valence electrons. The largest absolute Gasteiger partial charge is 0.0880 e. The van der Waals surface area contributed by atoms with Gasteiger partial charge in [0.25, 0.3) is 0 Å². The molecule has 0 amide bonds. The summed E-state index contributed by atoms with van der Waals surface area (Å²) in [5.74, 6) is 0. The molecule has 0 saturated heterocycles. The molecule has 0 aliphatic heterocycles. The Morgan fingerprint density at radius 2 is 2.00 bits per heavy atom. The minimum Gasteiger partial charge on any atom is -0.0719 e. The number of rotatable bonds is 1. The van der Waals surface area contributed by atoms with Crippen LogP contribution in [0.2, 0.25) is 0 Å². The highest BCUT2D eigenvalue weighted by Crippen LogP contribution is 2.51. The lowest BCUT2D eigenvalue weighted by Gasteiger charge is -1.92. The van der Waals surface area contributed by atoms with E-state index in [2.05, 4.69) is 51.8 Å². The molecule has 0 spiro atoms. The highest BCUT2D eigenvalue weighted by molar-refractivity contribution is 9.24. The molecule has 1 rings (SSSR count). The van der Waals surface area contributed by atoms with Crippen molar-refractivity contribution in [2.75, 3.05) is 0 Å². The van der Waals surface area contributed by atoms with E-state index >= 15 is 0 Å². The van der Waals surface area contributed by atoms with Crippen molar-refractivity contribution in [2.24, 2.45) is 5.41 Å². The van der Waals surface area contributed by atoms with E-state index in [1.165, 1.54) is 6.42 Å². The molecule has 0 bridgehead atoms. The molecule has 0 atom stereocenters. The highest BCUT2D eigenvalue weighted by atomic mass is 79.9. The fourth-order valence-corrected chi connectivity index (χ4v) is 1.51. The van der Waals surface area contributed by atoms with Gasteiger partial charge in [-0.3, -0.25) is 0 Å². The number of hydrogen-bond donors (Lipinski definition) is 0. The molecule has 2 heteroatoms. The van der Waals surface area contributed by atoms with E-state index in [0.29, 0.717) is 9.15 Å². The van der Waals surface area contributed by atoms with Crippen molar-refractivity contribution in [1.29, 1.82) is 0 Å². The number of hydrogen-bond acceptors (Lipinski definition) is 0. The van der Waals surface area contributed by atoms with Gasteiger partial charge >= 0.3 is 0 Å². The Bertz CT molecular complexity index is 145. The third kappa shape index (κ3) is 2.08. The van der Waals surface area contributed by atoms with Crippen molar-refractivity contribution < 1.29 is 0 Å². The summed E-state index contributed by atoms with van der Waals surface area (Å²) < 4.78 is 0.363. The van der Waals surface area contributed by atoms with Gasteiger partial charge in [0.2, 0.25) is 0 Å². The molecular weight excluding hydrogens is 244 g/mol. The first-order chi connectivity index (χ1) is 4.02. The fourth-order valence-electron chi connectivity index (χ4n) is 0.869. The second kappa shape index (κ2) is 2.39. The van der Waals surface area contributed by atoms with Crippen LogP contribution < -0.4 is 0 Å². The minimum absolute atomic E-state index is 0.363. The molecule has 0 aromatic carbocycles. The predicted octanol–water partition coefficient (Wildman–Crippen LogP) is 3.46. The van der Waals surface area contributed by atoms with Gasteiger partial charge in [-0.05, 0) is 11.8 Å². The molecule has 0 radical (unpaired) electrons. The van der Waals surface area contributed by atoms with Gasteiger partial charge in [-0.2, -0.15) is 0 Å². The van der Waals surface area contributed by atoms with E-state index in [-0.39, 0.29) is 0 Å². The van der Waals surface area contributed by atoms with Crippen LogP contribution >= 0.6 is 31.9 Å². The van der Waals surface area contributed by atoms with Crippen LogP contribution in [0.4, 0.5) is 0 Å². The van der Waals surface area contributed by atoms with E-state index in [4.69, 9.17) is 0 Å². The van der Waals surface area contributed by atoms with Crippen molar-refractivity contribution in [1.82, 2.24) is 0 Å². The van der Waals surface area contributed by atoms with Gasteiger partial charge < -0.3 is 0 Å². The first-order valence-electron chi connectivity index (χ1n) is 3.02. The number of alkyl halides is 2. The third-order valence-corrected chi connectivity index (χ3v) is 2.23. The molecule has 1 fully saturated rings. The third-order valence-electron chi connectivity index (χ3n) is 1.70. The Morgan fingerprint density at radius 1 is 1.56 bits per heavy atom. The average molecular weight is 254 g/mol. The van der Waals surface area contributed by atoms with Gasteiger partial charge in [0.1, 0.15) is 0 Å². The molecule has 1 aliphatic carbocycles. The summed E-state index contributed by atoms with van der Waals surface area (Å²) >= 11 is 6.81. The molecule has 0 N–H and O–H groups in total. The molecule has 1 saturated carbocycles. The summed E-state index contributed by atoms with van der Waals surface area (Å²) in [6, 6.07) is 0. The summed E-state index contributed by atoms with van der Waals surface area (Å²) in [6.45, 7) is 4.53. The maximum Gasteiger partial charge on any atom is 0.0880 e. The van der Waals surface area contributed by atoms with E-state index in [1.807, 2.05) is 0 Å². The standard InChI is InChI=1S/C7H10Br2/c1-7(2)4-5(7)3-6(8)9/h3,6H,4H2,1-2H3/b5-3-. The summed E-state index contributed by atoms with van der Waals surface area (Å²) in [5, 5.41) is 0. The van der Waals surface area contributed by atoms with E-state index in [1.54, 1.807) is 5.57 Å². The van der Waals surface area contributed by atoms with Crippen molar-refractivity contribution in [3.63, 3.8) is 0 Å². The van der Waals surface area contributed by atoms with Crippen molar-refractivity contribution in [3.05, 3.63) is 11.6 Å². The Labute approximate surface area is 73.0 Å². The topological polar surface area (TPSA) is 0 Å².